The molecule has 2 heterocycles. The summed E-state index contributed by atoms with van der Waals surface area (Å²) >= 11 is 0.878. The Balaban J connectivity index is 2.20. The van der Waals surface area contributed by atoms with Crippen LogP contribution in [0.25, 0.3) is 0 Å². The Bertz CT molecular complexity index is 710. The topological polar surface area (TPSA) is 96.4 Å². The molecule has 0 spiro atoms. The van der Waals surface area contributed by atoms with Crippen LogP contribution in [-0.2, 0) is 10.0 Å². The molecule has 106 valence electrons. The van der Waals surface area contributed by atoms with E-state index in [9.17, 15) is 13.2 Å². The highest BCUT2D eigenvalue weighted by atomic mass is 32.2. The highest BCUT2D eigenvalue weighted by Crippen LogP contribution is 2.22. The van der Waals surface area contributed by atoms with Crippen molar-refractivity contribution in [3.05, 3.63) is 47.1 Å². The maximum Gasteiger partial charge on any atom is 0.336 e. The van der Waals surface area contributed by atoms with Gasteiger partial charge in [0, 0.05) is 23.8 Å². The Kier molecular flexibility index (Phi) is 4.17. The standard InChI is InChI=1S/C12H12N2O4S2/c1-8(9-2-4-13-5-3-9)14-20(17,18)11-6-10(7-19-11)12(15)16/h2-8,14H,1H3,(H,15,16)/t8-/m1/s1. The summed E-state index contributed by atoms with van der Waals surface area (Å²) in [5.74, 6) is -1.15. The number of carboxylic acids is 1. The average molecular weight is 312 g/mol. The van der Waals surface area contributed by atoms with E-state index < -0.39 is 22.0 Å². The molecule has 0 aliphatic carbocycles. The number of aromatic nitrogens is 1. The van der Waals surface area contributed by atoms with Crippen LogP contribution < -0.4 is 4.72 Å². The third-order valence-electron chi connectivity index (χ3n) is 2.63. The molecule has 0 aliphatic rings. The molecular weight excluding hydrogens is 300 g/mol. The molecule has 0 saturated heterocycles. The van der Waals surface area contributed by atoms with E-state index in [4.69, 9.17) is 5.11 Å². The minimum atomic E-state index is -3.74. The fourth-order valence-electron chi connectivity index (χ4n) is 1.58. The van der Waals surface area contributed by atoms with Gasteiger partial charge in [0.2, 0.25) is 0 Å². The Labute approximate surface area is 120 Å². The van der Waals surface area contributed by atoms with Gasteiger partial charge in [0.15, 0.2) is 0 Å². The molecule has 2 N–H and O–H groups in total. The van der Waals surface area contributed by atoms with E-state index in [1.165, 1.54) is 5.38 Å². The minimum absolute atomic E-state index is 0.0178. The van der Waals surface area contributed by atoms with Crippen molar-refractivity contribution in [1.29, 1.82) is 0 Å². The molecule has 0 saturated carbocycles. The molecule has 0 radical (unpaired) electrons. The first-order valence-electron chi connectivity index (χ1n) is 5.64. The Hall–Kier alpha value is -1.77. The normalized spacial score (nSPS) is 13.1. The number of aromatic carboxylic acids is 1. The number of carboxylic acid groups (broad SMARTS) is 1. The van der Waals surface area contributed by atoms with E-state index in [1.54, 1.807) is 31.5 Å². The molecule has 6 nitrogen and oxygen atoms in total. The lowest BCUT2D eigenvalue weighted by molar-refractivity contribution is 0.0697. The first-order valence-corrected chi connectivity index (χ1v) is 8.00. The molecule has 1 atom stereocenters. The summed E-state index contributed by atoms with van der Waals surface area (Å²) in [5.41, 5.74) is 0.741. The summed E-state index contributed by atoms with van der Waals surface area (Å²) in [4.78, 5) is 14.6. The smallest absolute Gasteiger partial charge is 0.336 e. The maximum atomic E-state index is 12.1. The van der Waals surface area contributed by atoms with Crippen LogP contribution in [0, 0.1) is 0 Å². The predicted molar refractivity (Wildman–Crippen MR) is 74.3 cm³/mol. The van der Waals surface area contributed by atoms with Gasteiger partial charge in [0.05, 0.1) is 5.56 Å². The molecule has 0 amide bonds. The van der Waals surface area contributed by atoms with E-state index in [1.807, 2.05) is 0 Å². The van der Waals surface area contributed by atoms with E-state index in [2.05, 4.69) is 9.71 Å². The summed E-state index contributed by atoms with van der Waals surface area (Å²) in [6.45, 7) is 1.71. The number of rotatable bonds is 5. The number of hydrogen-bond donors (Lipinski definition) is 2. The first-order chi connectivity index (χ1) is 9.40. The molecule has 0 aliphatic heterocycles. The van der Waals surface area contributed by atoms with Gasteiger partial charge in [-0.05, 0) is 30.7 Å². The van der Waals surface area contributed by atoms with Crippen molar-refractivity contribution < 1.29 is 18.3 Å². The highest BCUT2D eigenvalue weighted by Gasteiger charge is 2.21. The Morgan fingerprint density at radius 3 is 2.60 bits per heavy atom. The fourth-order valence-corrected chi connectivity index (χ4v) is 3.98. The van der Waals surface area contributed by atoms with Crippen LogP contribution in [0.4, 0.5) is 0 Å². The van der Waals surface area contributed by atoms with Gasteiger partial charge in [-0.3, -0.25) is 4.98 Å². The summed E-state index contributed by atoms with van der Waals surface area (Å²) in [6, 6.07) is 4.14. The van der Waals surface area contributed by atoms with Gasteiger partial charge in [0.25, 0.3) is 10.0 Å². The van der Waals surface area contributed by atoms with Crippen LogP contribution in [-0.4, -0.2) is 24.5 Å². The van der Waals surface area contributed by atoms with Crippen LogP contribution in [0.3, 0.4) is 0 Å². The van der Waals surface area contributed by atoms with E-state index in [0.29, 0.717) is 0 Å². The predicted octanol–water partition coefficient (Wildman–Crippen LogP) is 1.88. The van der Waals surface area contributed by atoms with Crippen LogP contribution in [0.5, 0.6) is 0 Å². The van der Waals surface area contributed by atoms with Gasteiger partial charge in [-0.2, -0.15) is 0 Å². The monoisotopic (exact) mass is 312 g/mol. The van der Waals surface area contributed by atoms with Gasteiger partial charge in [-0.25, -0.2) is 17.9 Å². The van der Waals surface area contributed by atoms with Crippen molar-refractivity contribution in [3.8, 4) is 0 Å². The molecular formula is C12H12N2O4S2. The third-order valence-corrected chi connectivity index (χ3v) is 5.61. The second-order valence-electron chi connectivity index (χ2n) is 4.08. The molecule has 0 bridgehead atoms. The first kappa shape index (κ1) is 14.6. The number of sulfonamides is 1. The molecule has 8 heteroatoms. The van der Waals surface area contributed by atoms with Gasteiger partial charge in [-0.1, -0.05) is 0 Å². The number of thiophene rings is 1. The van der Waals surface area contributed by atoms with Gasteiger partial charge in [-0.15, -0.1) is 11.3 Å². The second kappa shape index (κ2) is 5.70. The lowest BCUT2D eigenvalue weighted by Gasteiger charge is -2.13. The Morgan fingerprint density at radius 1 is 1.40 bits per heavy atom. The van der Waals surface area contributed by atoms with Crippen LogP contribution in [0.2, 0.25) is 0 Å². The molecule has 2 aromatic heterocycles. The Morgan fingerprint density at radius 2 is 2.05 bits per heavy atom. The van der Waals surface area contributed by atoms with Crippen LogP contribution in [0.1, 0.15) is 28.9 Å². The maximum absolute atomic E-state index is 12.1. The zero-order valence-corrected chi connectivity index (χ0v) is 12.1. The fraction of sp³-hybridized carbons (Fsp3) is 0.167. The van der Waals surface area contributed by atoms with Gasteiger partial charge < -0.3 is 5.11 Å². The zero-order valence-electron chi connectivity index (χ0n) is 10.5. The van der Waals surface area contributed by atoms with E-state index in [0.717, 1.165) is 23.0 Å². The molecule has 2 rings (SSSR count). The number of nitrogens with zero attached hydrogens (tertiary/aromatic N) is 1. The van der Waals surface area contributed by atoms with Crippen molar-refractivity contribution >= 4 is 27.3 Å². The largest absolute Gasteiger partial charge is 0.478 e. The van der Waals surface area contributed by atoms with Crippen molar-refractivity contribution in [1.82, 2.24) is 9.71 Å². The number of carbonyl (C=O) groups is 1. The van der Waals surface area contributed by atoms with Crippen molar-refractivity contribution in [3.63, 3.8) is 0 Å². The second-order valence-corrected chi connectivity index (χ2v) is 6.94. The van der Waals surface area contributed by atoms with Crippen molar-refractivity contribution in [2.45, 2.75) is 17.2 Å². The molecule has 0 unspecified atom stereocenters. The highest BCUT2D eigenvalue weighted by molar-refractivity contribution is 7.91. The summed E-state index contributed by atoms with van der Waals surface area (Å²) < 4.78 is 26.8. The summed E-state index contributed by atoms with van der Waals surface area (Å²) in [7, 11) is -3.74. The lowest BCUT2D eigenvalue weighted by Crippen LogP contribution is -2.26. The van der Waals surface area contributed by atoms with Crippen LogP contribution >= 0.6 is 11.3 Å². The summed E-state index contributed by atoms with van der Waals surface area (Å²) in [6.07, 6.45) is 3.15. The molecule has 0 fully saturated rings. The third kappa shape index (κ3) is 3.21. The lowest BCUT2D eigenvalue weighted by atomic mass is 10.1. The van der Waals surface area contributed by atoms with Crippen LogP contribution in [0.15, 0.2) is 40.2 Å². The van der Waals surface area contributed by atoms with Crippen molar-refractivity contribution in [2.24, 2.45) is 0 Å². The van der Waals surface area contributed by atoms with E-state index >= 15 is 0 Å². The number of pyridine rings is 1. The zero-order chi connectivity index (χ0) is 14.8. The molecule has 0 aromatic carbocycles. The van der Waals surface area contributed by atoms with E-state index in [-0.39, 0.29) is 9.77 Å². The quantitative estimate of drug-likeness (QED) is 0.878. The average Bonchev–Trinajstić information content (AvgIpc) is 2.90. The molecule has 20 heavy (non-hydrogen) atoms. The number of nitrogens with one attached hydrogen (secondary N) is 1. The van der Waals surface area contributed by atoms with Gasteiger partial charge >= 0.3 is 5.97 Å². The van der Waals surface area contributed by atoms with Crippen molar-refractivity contribution in [2.75, 3.05) is 0 Å². The summed E-state index contributed by atoms with van der Waals surface area (Å²) in [5, 5.41) is 10.1. The molecule has 2 aromatic rings. The minimum Gasteiger partial charge on any atom is -0.478 e. The number of hydrogen-bond acceptors (Lipinski definition) is 5. The van der Waals surface area contributed by atoms with Gasteiger partial charge in [0.1, 0.15) is 4.21 Å². The SMILES string of the molecule is C[C@@H](NS(=O)(=O)c1cc(C(=O)O)cs1)c1ccncc1.